The second-order valence-electron chi connectivity index (χ2n) is 6.05. The van der Waals surface area contributed by atoms with Crippen molar-refractivity contribution in [3.8, 4) is 5.75 Å². The largest absolute Gasteiger partial charge is 0.495 e. The van der Waals surface area contributed by atoms with Crippen molar-refractivity contribution in [2.75, 3.05) is 19.0 Å². The fraction of sp³-hybridized carbons (Fsp3) is 0.316. The first kappa shape index (κ1) is 19.2. The quantitative estimate of drug-likeness (QED) is 0.765. The SMILES string of the molecule is COc1ccc(Cl)cc1NC(=O)CNC(c1ccc(F)cc1)C(C)C. The number of methoxy groups -OCH3 is 1. The van der Waals surface area contributed by atoms with E-state index in [1.54, 1.807) is 30.3 Å². The molecule has 2 N–H and O–H groups in total. The van der Waals surface area contributed by atoms with Crippen LogP contribution in [-0.4, -0.2) is 19.6 Å². The van der Waals surface area contributed by atoms with E-state index < -0.39 is 0 Å². The molecule has 6 heteroatoms. The Kier molecular flexibility index (Phi) is 6.79. The Bertz CT molecular complexity index is 720. The van der Waals surface area contributed by atoms with E-state index >= 15 is 0 Å². The number of carbonyl (C=O) groups excluding carboxylic acids is 1. The molecule has 2 aromatic rings. The average Bonchev–Trinajstić information content (AvgIpc) is 2.56. The van der Waals surface area contributed by atoms with Crippen molar-refractivity contribution in [1.29, 1.82) is 0 Å². The molecule has 0 radical (unpaired) electrons. The normalized spacial score (nSPS) is 12.1. The van der Waals surface area contributed by atoms with Crippen LogP contribution in [0.5, 0.6) is 5.75 Å². The molecule has 1 amide bonds. The van der Waals surface area contributed by atoms with Crippen LogP contribution >= 0.6 is 11.6 Å². The van der Waals surface area contributed by atoms with Crippen LogP contribution in [0.3, 0.4) is 0 Å². The zero-order valence-corrected chi connectivity index (χ0v) is 15.2. The molecule has 1 unspecified atom stereocenters. The Balaban J connectivity index is 2.02. The van der Waals surface area contributed by atoms with Gasteiger partial charge in [-0.3, -0.25) is 4.79 Å². The van der Waals surface area contributed by atoms with Crippen molar-refractivity contribution in [3.63, 3.8) is 0 Å². The van der Waals surface area contributed by atoms with Gasteiger partial charge < -0.3 is 15.4 Å². The minimum Gasteiger partial charge on any atom is -0.495 e. The van der Waals surface area contributed by atoms with Gasteiger partial charge in [0.25, 0.3) is 0 Å². The molecule has 0 aliphatic carbocycles. The van der Waals surface area contributed by atoms with Gasteiger partial charge in [-0.15, -0.1) is 0 Å². The van der Waals surface area contributed by atoms with Gasteiger partial charge in [0, 0.05) is 11.1 Å². The first-order valence-corrected chi connectivity index (χ1v) is 8.40. The molecule has 4 nitrogen and oxygen atoms in total. The highest BCUT2D eigenvalue weighted by molar-refractivity contribution is 6.31. The number of anilines is 1. The second kappa shape index (κ2) is 8.83. The van der Waals surface area contributed by atoms with Gasteiger partial charge >= 0.3 is 0 Å². The Morgan fingerprint density at radius 1 is 1.20 bits per heavy atom. The van der Waals surface area contributed by atoms with Crippen molar-refractivity contribution in [3.05, 3.63) is 58.9 Å². The number of hydrogen-bond donors (Lipinski definition) is 2. The summed E-state index contributed by atoms with van der Waals surface area (Å²) in [7, 11) is 1.53. The van der Waals surface area contributed by atoms with Crippen molar-refractivity contribution in [2.24, 2.45) is 5.92 Å². The molecule has 1 atom stereocenters. The highest BCUT2D eigenvalue weighted by Crippen LogP contribution is 2.27. The van der Waals surface area contributed by atoms with Crippen LogP contribution in [0.25, 0.3) is 0 Å². The maximum Gasteiger partial charge on any atom is 0.238 e. The van der Waals surface area contributed by atoms with E-state index in [0.29, 0.717) is 16.5 Å². The number of nitrogens with one attached hydrogen (secondary N) is 2. The molecule has 2 aromatic carbocycles. The molecule has 0 spiro atoms. The number of hydrogen-bond acceptors (Lipinski definition) is 3. The van der Waals surface area contributed by atoms with Crippen molar-refractivity contribution in [2.45, 2.75) is 19.9 Å². The summed E-state index contributed by atoms with van der Waals surface area (Å²) in [6.07, 6.45) is 0. The second-order valence-corrected chi connectivity index (χ2v) is 6.48. The standard InChI is InChI=1S/C19H22ClFN2O2/c1-12(2)19(13-4-7-15(21)8-5-13)22-11-18(24)23-16-10-14(20)6-9-17(16)25-3/h4-10,12,19,22H,11H2,1-3H3,(H,23,24). The van der Waals surface area contributed by atoms with E-state index in [2.05, 4.69) is 10.6 Å². The third-order valence-corrected chi connectivity index (χ3v) is 4.05. The van der Waals surface area contributed by atoms with Gasteiger partial charge in [0.15, 0.2) is 0 Å². The lowest BCUT2D eigenvalue weighted by Crippen LogP contribution is -2.33. The molecule has 25 heavy (non-hydrogen) atoms. The van der Waals surface area contributed by atoms with Crippen LogP contribution < -0.4 is 15.4 Å². The number of halogens is 2. The highest BCUT2D eigenvalue weighted by Gasteiger charge is 2.17. The smallest absolute Gasteiger partial charge is 0.238 e. The predicted octanol–water partition coefficient (Wildman–Crippen LogP) is 4.41. The van der Waals surface area contributed by atoms with Crippen LogP contribution in [0.4, 0.5) is 10.1 Å². The Hall–Kier alpha value is -2.11. The minimum atomic E-state index is -0.281. The highest BCUT2D eigenvalue weighted by atomic mass is 35.5. The maximum absolute atomic E-state index is 13.1. The van der Waals surface area contributed by atoms with Crippen LogP contribution in [-0.2, 0) is 4.79 Å². The topological polar surface area (TPSA) is 50.4 Å². The number of ether oxygens (including phenoxy) is 1. The lowest BCUT2D eigenvalue weighted by atomic mass is 9.96. The zero-order valence-electron chi connectivity index (χ0n) is 14.5. The number of benzene rings is 2. The molecule has 0 bridgehead atoms. The van der Waals surface area contributed by atoms with Gasteiger partial charge in [-0.05, 0) is 41.8 Å². The summed E-state index contributed by atoms with van der Waals surface area (Å²) in [5.74, 6) is 0.279. The van der Waals surface area contributed by atoms with Crippen molar-refractivity contribution in [1.82, 2.24) is 5.32 Å². The molecular formula is C19H22ClFN2O2. The molecular weight excluding hydrogens is 343 g/mol. The summed E-state index contributed by atoms with van der Waals surface area (Å²) in [6.45, 7) is 4.19. The average molecular weight is 365 g/mol. The lowest BCUT2D eigenvalue weighted by molar-refractivity contribution is -0.115. The summed E-state index contributed by atoms with van der Waals surface area (Å²) in [4.78, 5) is 12.3. The van der Waals surface area contributed by atoms with E-state index in [9.17, 15) is 9.18 Å². The predicted molar refractivity (Wildman–Crippen MR) is 98.6 cm³/mol. The van der Waals surface area contributed by atoms with Crippen LogP contribution in [0.15, 0.2) is 42.5 Å². The molecule has 0 saturated carbocycles. The van der Waals surface area contributed by atoms with E-state index in [-0.39, 0.29) is 30.2 Å². The Morgan fingerprint density at radius 3 is 2.48 bits per heavy atom. The zero-order chi connectivity index (χ0) is 18.4. The van der Waals surface area contributed by atoms with Crippen LogP contribution in [0.2, 0.25) is 5.02 Å². The first-order valence-electron chi connectivity index (χ1n) is 8.03. The van der Waals surface area contributed by atoms with E-state index in [1.807, 2.05) is 13.8 Å². The molecule has 0 fully saturated rings. The van der Waals surface area contributed by atoms with Crippen LogP contribution in [0.1, 0.15) is 25.5 Å². The Labute approximate surface area is 152 Å². The monoisotopic (exact) mass is 364 g/mol. The van der Waals surface area contributed by atoms with Crippen molar-refractivity contribution < 1.29 is 13.9 Å². The Morgan fingerprint density at radius 2 is 1.88 bits per heavy atom. The molecule has 134 valence electrons. The summed E-state index contributed by atoms with van der Waals surface area (Å²) >= 11 is 5.97. The van der Waals surface area contributed by atoms with Gasteiger partial charge in [0.05, 0.1) is 19.3 Å². The lowest BCUT2D eigenvalue weighted by Gasteiger charge is -2.23. The van der Waals surface area contributed by atoms with Gasteiger partial charge in [-0.1, -0.05) is 37.6 Å². The molecule has 0 heterocycles. The summed E-state index contributed by atoms with van der Waals surface area (Å²) in [5, 5.41) is 6.51. The van der Waals surface area contributed by atoms with Gasteiger partial charge in [-0.25, -0.2) is 4.39 Å². The van der Waals surface area contributed by atoms with E-state index in [4.69, 9.17) is 16.3 Å². The number of carbonyl (C=O) groups is 1. The minimum absolute atomic E-state index is 0.0624. The van der Waals surface area contributed by atoms with Crippen LogP contribution in [0, 0.1) is 11.7 Å². The molecule has 0 aromatic heterocycles. The van der Waals surface area contributed by atoms with Gasteiger partial charge in [0.2, 0.25) is 5.91 Å². The van der Waals surface area contributed by atoms with Gasteiger partial charge in [-0.2, -0.15) is 0 Å². The fourth-order valence-electron chi connectivity index (χ4n) is 2.58. The third kappa shape index (κ3) is 5.44. The molecule has 0 aliphatic heterocycles. The van der Waals surface area contributed by atoms with Gasteiger partial charge in [0.1, 0.15) is 11.6 Å². The summed E-state index contributed by atoms with van der Waals surface area (Å²) in [6, 6.07) is 11.3. The fourth-order valence-corrected chi connectivity index (χ4v) is 2.76. The molecule has 0 saturated heterocycles. The summed E-state index contributed by atoms with van der Waals surface area (Å²) < 4.78 is 18.3. The maximum atomic E-state index is 13.1. The third-order valence-electron chi connectivity index (χ3n) is 3.81. The van der Waals surface area contributed by atoms with E-state index in [1.165, 1.54) is 19.2 Å². The molecule has 0 aliphatic rings. The number of rotatable bonds is 7. The first-order chi connectivity index (χ1) is 11.9. The molecule has 2 rings (SSSR count). The number of amides is 1. The van der Waals surface area contributed by atoms with E-state index in [0.717, 1.165) is 5.56 Å². The summed E-state index contributed by atoms with van der Waals surface area (Å²) in [5.41, 5.74) is 1.45. The van der Waals surface area contributed by atoms with Crippen molar-refractivity contribution >= 4 is 23.2 Å².